The molecule has 1 fully saturated rings. The van der Waals surface area contributed by atoms with Gasteiger partial charge in [-0.1, -0.05) is 19.4 Å². The highest BCUT2D eigenvalue weighted by Gasteiger charge is 2.20. The quantitative estimate of drug-likeness (QED) is 0.560. The van der Waals surface area contributed by atoms with E-state index in [1.807, 2.05) is 6.07 Å². The van der Waals surface area contributed by atoms with E-state index in [1.165, 1.54) is 12.1 Å². The van der Waals surface area contributed by atoms with E-state index in [0.29, 0.717) is 30.2 Å². The largest absolute Gasteiger partial charge is 0.494 e. The number of unbranched alkanes of at least 4 members (excludes halogenated alkanes) is 1. The van der Waals surface area contributed by atoms with E-state index in [0.717, 1.165) is 25.7 Å². The van der Waals surface area contributed by atoms with E-state index in [9.17, 15) is 13.2 Å². The highest BCUT2D eigenvalue weighted by atomic mass is 32.2. The summed E-state index contributed by atoms with van der Waals surface area (Å²) in [7, 11) is -3.62. The van der Waals surface area contributed by atoms with Gasteiger partial charge in [0.2, 0.25) is 10.0 Å². The fourth-order valence-electron chi connectivity index (χ4n) is 3.07. The predicted octanol–water partition coefficient (Wildman–Crippen LogP) is 3.58. The molecule has 7 nitrogen and oxygen atoms in total. The normalized spacial score (nSPS) is 16.4. The first-order valence-electron chi connectivity index (χ1n) is 10.2. The maximum Gasteiger partial charge on any atom is 0.255 e. The summed E-state index contributed by atoms with van der Waals surface area (Å²) in [6.07, 6.45) is 3.73. The van der Waals surface area contributed by atoms with Crippen molar-refractivity contribution in [1.29, 1.82) is 0 Å². The Labute approximate surface area is 177 Å². The predicted molar refractivity (Wildman–Crippen MR) is 115 cm³/mol. The fraction of sp³-hybridized carbons (Fsp3) is 0.409. The number of hydrogen-bond acceptors (Lipinski definition) is 5. The molecule has 0 bridgehead atoms. The number of hydrogen-bond donors (Lipinski definition) is 2. The van der Waals surface area contributed by atoms with Gasteiger partial charge in [0, 0.05) is 24.4 Å². The van der Waals surface area contributed by atoms with Crippen molar-refractivity contribution in [3.63, 3.8) is 0 Å². The topological polar surface area (TPSA) is 93.7 Å². The third kappa shape index (κ3) is 6.29. The minimum Gasteiger partial charge on any atom is -0.494 e. The monoisotopic (exact) mass is 432 g/mol. The average molecular weight is 433 g/mol. The molecule has 0 spiro atoms. The van der Waals surface area contributed by atoms with E-state index in [2.05, 4.69) is 17.0 Å². The second kappa shape index (κ2) is 10.6. The summed E-state index contributed by atoms with van der Waals surface area (Å²) >= 11 is 0. The zero-order chi connectivity index (χ0) is 21.4. The number of benzene rings is 2. The summed E-state index contributed by atoms with van der Waals surface area (Å²) in [5.41, 5.74) is 0.981. The molecule has 0 radical (unpaired) electrons. The van der Waals surface area contributed by atoms with Gasteiger partial charge >= 0.3 is 0 Å². The van der Waals surface area contributed by atoms with Crippen molar-refractivity contribution in [3.8, 4) is 5.75 Å². The molecule has 0 aliphatic carbocycles. The van der Waals surface area contributed by atoms with Crippen molar-refractivity contribution >= 4 is 21.6 Å². The summed E-state index contributed by atoms with van der Waals surface area (Å²) < 4.78 is 38.5. The van der Waals surface area contributed by atoms with E-state index < -0.39 is 10.0 Å². The van der Waals surface area contributed by atoms with Gasteiger partial charge in [0.1, 0.15) is 5.75 Å². The Morgan fingerprint density at radius 2 is 2.00 bits per heavy atom. The van der Waals surface area contributed by atoms with Crippen LogP contribution >= 0.6 is 0 Å². The van der Waals surface area contributed by atoms with Gasteiger partial charge in [-0.3, -0.25) is 4.79 Å². The molecule has 3 rings (SSSR count). The van der Waals surface area contributed by atoms with Gasteiger partial charge in [-0.15, -0.1) is 0 Å². The number of sulfonamides is 1. The summed E-state index contributed by atoms with van der Waals surface area (Å²) in [4.78, 5) is 12.7. The van der Waals surface area contributed by atoms with Crippen LogP contribution in [0, 0.1) is 0 Å². The molecule has 0 aromatic heterocycles. The molecule has 1 unspecified atom stereocenters. The lowest BCUT2D eigenvalue weighted by Crippen LogP contribution is -2.31. The number of ether oxygens (including phenoxy) is 2. The number of carbonyl (C=O) groups is 1. The summed E-state index contributed by atoms with van der Waals surface area (Å²) in [6, 6.07) is 13.1. The summed E-state index contributed by atoms with van der Waals surface area (Å²) in [5, 5.41) is 2.78. The summed E-state index contributed by atoms with van der Waals surface area (Å²) in [6.45, 7) is 3.63. The van der Waals surface area contributed by atoms with Crippen molar-refractivity contribution in [3.05, 3.63) is 54.1 Å². The molecule has 1 aliphatic heterocycles. The Balaban J connectivity index is 1.58. The molecular weight excluding hydrogens is 404 g/mol. The van der Waals surface area contributed by atoms with Crippen LogP contribution in [0.15, 0.2) is 53.4 Å². The highest BCUT2D eigenvalue weighted by Crippen LogP contribution is 2.18. The molecule has 8 heteroatoms. The maximum atomic E-state index is 12.5. The van der Waals surface area contributed by atoms with E-state index in [4.69, 9.17) is 9.47 Å². The minimum absolute atomic E-state index is 0.0694. The van der Waals surface area contributed by atoms with Crippen LogP contribution in [0.3, 0.4) is 0 Å². The molecular formula is C22H28N2O5S. The van der Waals surface area contributed by atoms with Crippen LogP contribution in [-0.4, -0.2) is 40.2 Å². The first-order valence-corrected chi connectivity index (χ1v) is 11.7. The number of rotatable bonds is 10. The zero-order valence-electron chi connectivity index (χ0n) is 17.1. The lowest BCUT2D eigenvalue weighted by atomic mass is 10.2. The number of nitrogens with one attached hydrogen (secondary N) is 2. The Kier molecular flexibility index (Phi) is 7.84. The van der Waals surface area contributed by atoms with Crippen LogP contribution in [0.5, 0.6) is 5.75 Å². The minimum atomic E-state index is -3.62. The van der Waals surface area contributed by atoms with Gasteiger partial charge in [0.05, 0.1) is 17.6 Å². The third-order valence-electron chi connectivity index (χ3n) is 4.81. The number of amides is 1. The first kappa shape index (κ1) is 22.3. The fourth-order valence-corrected chi connectivity index (χ4v) is 4.14. The van der Waals surface area contributed by atoms with Gasteiger partial charge < -0.3 is 14.8 Å². The standard InChI is InChI=1S/C22H28N2O5S/c1-2-3-13-28-19-7-4-6-17(15-19)22(25)24-18-9-11-21(12-10-18)30(26,27)23-16-20-8-5-14-29-20/h4,6-7,9-12,15,20,23H,2-3,5,8,13-14,16H2,1H3,(H,24,25). The van der Waals surface area contributed by atoms with Crippen molar-refractivity contribution in [2.45, 2.75) is 43.6 Å². The van der Waals surface area contributed by atoms with Gasteiger partial charge in [0.15, 0.2) is 0 Å². The van der Waals surface area contributed by atoms with Crippen molar-refractivity contribution in [2.24, 2.45) is 0 Å². The molecule has 1 aliphatic rings. The van der Waals surface area contributed by atoms with Gasteiger partial charge in [-0.05, 0) is 61.7 Å². The van der Waals surface area contributed by atoms with Gasteiger partial charge in [-0.25, -0.2) is 13.1 Å². The Bertz CT molecular complexity index is 938. The van der Waals surface area contributed by atoms with Gasteiger partial charge in [0.25, 0.3) is 5.91 Å². The maximum absolute atomic E-state index is 12.5. The van der Waals surface area contributed by atoms with Crippen molar-refractivity contribution in [1.82, 2.24) is 4.72 Å². The zero-order valence-corrected chi connectivity index (χ0v) is 17.9. The van der Waals surface area contributed by atoms with Crippen molar-refractivity contribution in [2.75, 3.05) is 25.1 Å². The average Bonchev–Trinajstić information content (AvgIpc) is 3.27. The van der Waals surface area contributed by atoms with Crippen LogP contribution in [0.2, 0.25) is 0 Å². The van der Waals surface area contributed by atoms with Crippen LogP contribution in [-0.2, 0) is 14.8 Å². The molecule has 0 saturated carbocycles. The molecule has 1 saturated heterocycles. The van der Waals surface area contributed by atoms with Crippen LogP contribution in [0.4, 0.5) is 5.69 Å². The molecule has 1 heterocycles. The molecule has 2 N–H and O–H groups in total. The third-order valence-corrected chi connectivity index (χ3v) is 6.25. The van der Waals surface area contributed by atoms with Crippen LogP contribution < -0.4 is 14.8 Å². The van der Waals surface area contributed by atoms with E-state index >= 15 is 0 Å². The molecule has 162 valence electrons. The lowest BCUT2D eigenvalue weighted by Gasteiger charge is -2.12. The first-order chi connectivity index (χ1) is 14.5. The molecule has 2 aromatic carbocycles. The molecule has 2 aromatic rings. The Morgan fingerprint density at radius 1 is 1.20 bits per heavy atom. The van der Waals surface area contributed by atoms with Crippen LogP contribution in [0.1, 0.15) is 43.0 Å². The molecule has 1 atom stereocenters. The smallest absolute Gasteiger partial charge is 0.255 e. The highest BCUT2D eigenvalue weighted by molar-refractivity contribution is 7.89. The number of anilines is 1. The lowest BCUT2D eigenvalue weighted by molar-refractivity contribution is 0.102. The van der Waals surface area contributed by atoms with E-state index in [-0.39, 0.29) is 23.5 Å². The molecule has 30 heavy (non-hydrogen) atoms. The van der Waals surface area contributed by atoms with Crippen molar-refractivity contribution < 1.29 is 22.7 Å². The Morgan fingerprint density at radius 3 is 2.70 bits per heavy atom. The number of carbonyl (C=O) groups excluding carboxylic acids is 1. The van der Waals surface area contributed by atoms with Gasteiger partial charge in [-0.2, -0.15) is 0 Å². The summed E-state index contributed by atoms with van der Waals surface area (Å²) in [5.74, 6) is 0.359. The second-order valence-corrected chi connectivity index (χ2v) is 8.96. The SMILES string of the molecule is CCCCOc1cccc(C(=O)Nc2ccc(S(=O)(=O)NCC3CCCO3)cc2)c1. The van der Waals surface area contributed by atoms with Crippen LogP contribution in [0.25, 0.3) is 0 Å². The van der Waals surface area contributed by atoms with E-state index in [1.54, 1.807) is 30.3 Å². The Hall–Kier alpha value is -2.42. The second-order valence-electron chi connectivity index (χ2n) is 7.20. The molecule has 1 amide bonds.